The summed E-state index contributed by atoms with van der Waals surface area (Å²) in [5, 5.41) is 9.15. The standard InChI is InChI=1S/C16H16O5/c1-19-12-7-8-14(20-2)15(9-12)21-10-11-5-3-4-6-13(11)16(17)18/h3-9H,10H2,1-2H3,(H,17,18). The zero-order chi connectivity index (χ0) is 15.2. The smallest absolute Gasteiger partial charge is 0.336 e. The highest BCUT2D eigenvalue weighted by Crippen LogP contribution is 2.32. The number of hydrogen-bond donors (Lipinski definition) is 1. The summed E-state index contributed by atoms with van der Waals surface area (Å²) in [7, 11) is 3.10. The van der Waals surface area contributed by atoms with Crippen LogP contribution in [0.5, 0.6) is 17.2 Å². The highest BCUT2D eigenvalue weighted by Gasteiger charge is 2.11. The van der Waals surface area contributed by atoms with E-state index in [9.17, 15) is 4.79 Å². The number of carbonyl (C=O) groups is 1. The number of methoxy groups -OCH3 is 2. The second kappa shape index (κ2) is 6.65. The van der Waals surface area contributed by atoms with Crippen LogP contribution in [0.25, 0.3) is 0 Å². The molecular formula is C16H16O5. The van der Waals surface area contributed by atoms with Crippen LogP contribution in [0.4, 0.5) is 0 Å². The number of aromatic carboxylic acids is 1. The van der Waals surface area contributed by atoms with Gasteiger partial charge in [-0.15, -0.1) is 0 Å². The SMILES string of the molecule is COc1ccc(OC)c(OCc2ccccc2C(=O)O)c1. The number of hydrogen-bond acceptors (Lipinski definition) is 4. The van der Waals surface area contributed by atoms with Crippen molar-refractivity contribution in [2.24, 2.45) is 0 Å². The Morgan fingerprint density at radius 2 is 1.81 bits per heavy atom. The Balaban J connectivity index is 2.22. The molecule has 0 fully saturated rings. The summed E-state index contributed by atoms with van der Waals surface area (Å²) in [6.45, 7) is 0.131. The van der Waals surface area contributed by atoms with E-state index >= 15 is 0 Å². The zero-order valence-electron chi connectivity index (χ0n) is 11.8. The topological polar surface area (TPSA) is 65.0 Å². The maximum absolute atomic E-state index is 11.2. The molecule has 2 aromatic rings. The van der Waals surface area contributed by atoms with E-state index in [-0.39, 0.29) is 12.2 Å². The minimum Gasteiger partial charge on any atom is -0.497 e. The van der Waals surface area contributed by atoms with Crippen LogP contribution < -0.4 is 14.2 Å². The molecule has 0 saturated carbocycles. The van der Waals surface area contributed by atoms with Crippen molar-refractivity contribution < 1.29 is 24.1 Å². The molecule has 21 heavy (non-hydrogen) atoms. The van der Waals surface area contributed by atoms with Crippen LogP contribution in [0.15, 0.2) is 42.5 Å². The predicted octanol–water partition coefficient (Wildman–Crippen LogP) is 2.98. The predicted molar refractivity (Wildman–Crippen MR) is 77.3 cm³/mol. The van der Waals surface area contributed by atoms with Crippen molar-refractivity contribution in [2.45, 2.75) is 6.61 Å². The monoisotopic (exact) mass is 288 g/mol. The maximum atomic E-state index is 11.2. The highest BCUT2D eigenvalue weighted by atomic mass is 16.5. The summed E-state index contributed by atoms with van der Waals surface area (Å²) in [5.41, 5.74) is 0.814. The molecule has 0 aliphatic carbocycles. The van der Waals surface area contributed by atoms with E-state index in [0.29, 0.717) is 22.8 Å². The lowest BCUT2D eigenvalue weighted by atomic mass is 10.1. The van der Waals surface area contributed by atoms with Crippen LogP contribution in [0, 0.1) is 0 Å². The van der Waals surface area contributed by atoms with Gasteiger partial charge in [-0.1, -0.05) is 18.2 Å². The first-order valence-electron chi connectivity index (χ1n) is 6.31. The average molecular weight is 288 g/mol. The van der Waals surface area contributed by atoms with Crippen LogP contribution in [-0.2, 0) is 6.61 Å². The summed E-state index contributed by atoms with van der Waals surface area (Å²) in [6, 6.07) is 11.9. The number of ether oxygens (including phenoxy) is 3. The highest BCUT2D eigenvalue weighted by molar-refractivity contribution is 5.89. The largest absolute Gasteiger partial charge is 0.497 e. The Bertz CT molecular complexity index is 636. The molecule has 1 N–H and O–H groups in total. The number of benzene rings is 2. The molecule has 0 radical (unpaired) electrons. The Kier molecular flexibility index (Phi) is 4.66. The first kappa shape index (κ1) is 14.7. The molecule has 0 atom stereocenters. The van der Waals surface area contributed by atoms with Crippen molar-refractivity contribution in [3.05, 3.63) is 53.6 Å². The van der Waals surface area contributed by atoms with Gasteiger partial charge in [0, 0.05) is 11.6 Å². The number of carboxylic acid groups (broad SMARTS) is 1. The third-order valence-corrected chi connectivity index (χ3v) is 3.00. The van der Waals surface area contributed by atoms with E-state index in [2.05, 4.69) is 0 Å². The van der Waals surface area contributed by atoms with Crippen LogP contribution in [-0.4, -0.2) is 25.3 Å². The quantitative estimate of drug-likeness (QED) is 0.885. The van der Waals surface area contributed by atoms with Gasteiger partial charge in [-0.05, 0) is 18.2 Å². The minimum atomic E-state index is -0.980. The van der Waals surface area contributed by atoms with Gasteiger partial charge in [-0.25, -0.2) is 4.79 Å². The second-order valence-electron chi connectivity index (χ2n) is 4.27. The van der Waals surface area contributed by atoms with Gasteiger partial charge in [-0.3, -0.25) is 0 Å². The molecule has 0 heterocycles. The third kappa shape index (κ3) is 3.45. The Morgan fingerprint density at radius 1 is 1.05 bits per heavy atom. The lowest BCUT2D eigenvalue weighted by molar-refractivity contribution is 0.0694. The van der Waals surface area contributed by atoms with E-state index in [1.807, 2.05) is 0 Å². The molecule has 5 nitrogen and oxygen atoms in total. The van der Waals surface area contributed by atoms with Crippen molar-refractivity contribution in [3.63, 3.8) is 0 Å². The molecule has 110 valence electrons. The average Bonchev–Trinajstić information content (AvgIpc) is 2.52. The Labute approximate surface area is 122 Å². The van der Waals surface area contributed by atoms with Gasteiger partial charge in [0.15, 0.2) is 11.5 Å². The van der Waals surface area contributed by atoms with E-state index < -0.39 is 5.97 Å². The molecular weight excluding hydrogens is 272 g/mol. The molecule has 0 spiro atoms. The summed E-state index contributed by atoms with van der Waals surface area (Å²) < 4.78 is 16.0. The van der Waals surface area contributed by atoms with E-state index in [0.717, 1.165) is 0 Å². The molecule has 5 heteroatoms. The molecule has 0 aromatic heterocycles. The van der Waals surface area contributed by atoms with Gasteiger partial charge in [-0.2, -0.15) is 0 Å². The molecule has 0 bridgehead atoms. The summed E-state index contributed by atoms with van der Waals surface area (Å²) in [5.74, 6) is 0.713. The van der Waals surface area contributed by atoms with Gasteiger partial charge in [0.05, 0.1) is 19.8 Å². The molecule has 0 aliphatic rings. The summed E-state index contributed by atoms with van der Waals surface area (Å²) in [6.07, 6.45) is 0. The summed E-state index contributed by atoms with van der Waals surface area (Å²) in [4.78, 5) is 11.2. The van der Waals surface area contributed by atoms with E-state index in [1.165, 1.54) is 0 Å². The molecule has 2 rings (SSSR count). The molecule has 0 amide bonds. The van der Waals surface area contributed by atoms with Crippen molar-refractivity contribution >= 4 is 5.97 Å². The number of carboxylic acids is 1. The van der Waals surface area contributed by atoms with E-state index in [1.54, 1.807) is 56.7 Å². The van der Waals surface area contributed by atoms with Crippen LogP contribution >= 0.6 is 0 Å². The van der Waals surface area contributed by atoms with Crippen molar-refractivity contribution in [1.29, 1.82) is 0 Å². The lowest BCUT2D eigenvalue weighted by Crippen LogP contribution is -2.05. The first-order chi connectivity index (χ1) is 10.2. The van der Waals surface area contributed by atoms with Crippen LogP contribution in [0.2, 0.25) is 0 Å². The second-order valence-corrected chi connectivity index (χ2v) is 4.27. The zero-order valence-corrected chi connectivity index (χ0v) is 11.8. The van der Waals surface area contributed by atoms with Gasteiger partial charge in [0.1, 0.15) is 12.4 Å². The molecule has 0 aliphatic heterocycles. The maximum Gasteiger partial charge on any atom is 0.336 e. The van der Waals surface area contributed by atoms with Gasteiger partial charge >= 0.3 is 5.97 Å². The van der Waals surface area contributed by atoms with E-state index in [4.69, 9.17) is 19.3 Å². The van der Waals surface area contributed by atoms with Gasteiger partial charge in [0.25, 0.3) is 0 Å². The molecule has 0 saturated heterocycles. The van der Waals surface area contributed by atoms with Crippen molar-refractivity contribution in [3.8, 4) is 17.2 Å². The molecule has 0 unspecified atom stereocenters. The molecule has 2 aromatic carbocycles. The normalized spacial score (nSPS) is 10.0. The fourth-order valence-electron chi connectivity index (χ4n) is 1.91. The van der Waals surface area contributed by atoms with Crippen LogP contribution in [0.1, 0.15) is 15.9 Å². The van der Waals surface area contributed by atoms with Crippen LogP contribution in [0.3, 0.4) is 0 Å². The first-order valence-corrected chi connectivity index (χ1v) is 6.31. The Morgan fingerprint density at radius 3 is 2.48 bits per heavy atom. The van der Waals surface area contributed by atoms with Gasteiger partial charge < -0.3 is 19.3 Å². The third-order valence-electron chi connectivity index (χ3n) is 3.00. The van der Waals surface area contributed by atoms with Crippen molar-refractivity contribution in [2.75, 3.05) is 14.2 Å². The fraction of sp³-hybridized carbons (Fsp3) is 0.188. The van der Waals surface area contributed by atoms with Crippen molar-refractivity contribution in [1.82, 2.24) is 0 Å². The number of rotatable bonds is 6. The fourth-order valence-corrected chi connectivity index (χ4v) is 1.91. The summed E-state index contributed by atoms with van der Waals surface area (Å²) >= 11 is 0. The minimum absolute atomic E-state index is 0.131. The Hall–Kier alpha value is -2.69. The lowest BCUT2D eigenvalue weighted by Gasteiger charge is -2.13. The van der Waals surface area contributed by atoms with Gasteiger partial charge in [0.2, 0.25) is 0 Å².